The van der Waals surface area contributed by atoms with E-state index in [1.165, 1.54) is 19.9 Å². The van der Waals surface area contributed by atoms with Crippen molar-refractivity contribution in [1.29, 1.82) is 0 Å². The first kappa shape index (κ1) is 16.7. The van der Waals surface area contributed by atoms with E-state index in [4.69, 9.17) is 14.9 Å². The number of phenols is 1. The summed E-state index contributed by atoms with van der Waals surface area (Å²) < 4.78 is 5.52. The van der Waals surface area contributed by atoms with Crippen molar-refractivity contribution in [1.82, 2.24) is 4.90 Å². The molecule has 9 nitrogen and oxygen atoms in total. The van der Waals surface area contributed by atoms with Crippen LogP contribution in [-0.4, -0.2) is 56.1 Å². The molecular weight excluding hydrogens is 334 g/mol. The van der Waals surface area contributed by atoms with Crippen molar-refractivity contribution in [2.45, 2.75) is 32.4 Å². The van der Waals surface area contributed by atoms with Gasteiger partial charge >= 0.3 is 11.9 Å². The second-order valence-electron chi connectivity index (χ2n) is 6.11. The van der Waals surface area contributed by atoms with Crippen LogP contribution in [0.25, 0.3) is 0 Å². The molecule has 0 aromatic heterocycles. The first-order chi connectivity index (χ1) is 11.6. The highest BCUT2D eigenvalue weighted by Crippen LogP contribution is 2.44. The second kappa shape index (κ2) is 5.47. The molecule has 2 aliphatic heterocycles. The lowest BCUT2D eigenvalue weighted by molar-refractivity contribution is -0.144. The summed E-state index contributed by atoms with van der Waals surface area (Å²) in [6, 6.07) is -0.129. The Morgan fingerprint density at radius 2 is 1.84 bits per heavy atom. The van der Waals surface area contributed by atoms with Gasteiger partial charge in [0.2, 0.25) is 0 Å². The molecule has 0 fully saturated rings. The largest absolute Gasteiger partial charge is 0.507 e. The Balaban J connectivity index is 2.02. The number of aliphatic carboxylic acids is 2. The fraction of sp³-hybridized carbons (Fsp3) is 0.375. The Hall–Kier alpha value is -3.10. The molecule has 1 aromatic rings. The van der Waals surface area contributed by atoms with Gasteiger partial charge in [0.25, 0.3) is 11.8 Å². The SMILES string of the molecule is CC(C(=O)O)N1C(=O)c2cc3c(c(O)c2C1=O)CC([C@@H](C)C(=O)O)O3. The van der Waals surface area contributed by atoms with Crippen LogP contribution in [-0.2, 0) is 16.0 Å². The molecule has 0 saturated heterocycles. The molecule has 0 radical (unpaired) electrons. The number of rotatable bonds is 4. The number of carboxylic acid groups (broad SMARTS) is 2. The number of carbonyl (C=O) groups excluding carboxylic acids is 2. The van der Waals surface area contributed by atoms with Gasteiger partial charge in [-0.25, -0.2) is 4.79 Å². The van der Waals surface area contributed by atoms with Gasteiger partial charge in [-0.2, -0.15) is 0 Å². The van der Waals surface area contributed by atoms with Gasteiger partial charge in [0.1, 0.15) is 23.6 Å². The molecule has 2 aliphatic rings. The van der Waals surface area contributed by atoms with Crippen LogP contribution in [0, 0.1) is 5.92 Å². The molecule has 0 aliphatic carbocycles. The summed E-state index contributed by atoms with van der Waals surface area (Å²) in [6.07, 6.45) is -0.669. The van der Waals surface area contributed by atoms with Crippen LogP contribution < -0.4 is 4.74 Å². The Morgan fingerprint density at radius 3 is 2.40 bits per heavy atom. The first-order valence-corrected chi connectivity index (χ1v) is 7.54. The van der Waals surface area contributed by atoms with Crippen LogP contribution in [0.5, 0.6) is 11.5 Å². The summed E-state index contributed by atoms with van der Waals surface area (Å²) in [5.41, 5.74) is -0.190. The smallest absolute Gasteiger partial charge is 0.326 e. The van der Waals surface area contributed by atoms with Gasteiger partial charge in [0, 0.05) is 12.0 Å². The van der Waals surface area contributed by atoms with E-state index in [0.29, 0.717) is 4.90 Å². The first-order valence-electron chi connectivity index (χ1n) is 7.54. The lowest BCUT2D eigenvalue weighted by Gasteiger charge is -2.18. The molecule has 3 N–H and O–H groups in total. The quantitative estimate of drug-likeness (QED) is 0.667. The zero-order valence-corrected chi connectivity index (χ0v) is 13.3. The third-order valence-electron chi connectivity index (χ3n) is 4.62. The number of phenolic OH excluding ortho intramolecular Hbond substituents is 1. The monoisotopic (exact) mass is 349 g/mol. The zero-order chi connectivity index (χ0) is 18.6. The maximum Gasteiger partial charge on any atom is 0.326 e. The van der Waals surface area contributed by atoms with Gasteiger partial charge in [-0.1, -0.05) is 0 Å². The fourth-order valence-electron chi connectivity index (χ4n) is 3.02. The minimum absolute atomic E-state index is 0.0673. The molecule has 132 valence electrons. The third-order valence-corrected chi connectivity index (χ3v) is 4.62. The van der Waals surface area contributed by atoms with Gasteiger partial charge in [-0.15, -0.1) is 0 Å². The minimum atomic E-state index is -1.39. The topological polar surface area (TPSA) is 141 Å². The molecule has 3 atom stereocenters. The molecule has 0 bridgehead atoms. The fourth-order valence-corrected chi connectivity index (χ4v) is 3.02. The summed E-state index contributed by atoms with van der Waals surface area (Å²) >= 11 is 0. The van der Waals surface area contributed by atoms with E-state index in [9.17, 15) is 24.3 Å². The van der Waals surface area contributed by atoms with Crippen molar-refractivity contribution >= 4 is 23.8 Å². The summed E-state index contributed by atoms with van der Waals surface area (Å²) in [5, 5.41) is 28.5. The number of fused-ring (bicyclic) bond motifs is 2. The van der Waals surface area contributed by atoms with Crippen molar-refractivity contribution in [3.05, 3.63) is 22.8 Å². The second-order valence-corrected chi connectivity index (χ2v) is 6.11. The van der Waals surface area contributed by atoms with E-state index in [-0.39, 0.29) is 28.9 Å². The van der Waals surface area contributed by atoms with Crippen LogP contribution >= 0.6 is 0 Å². The van der Waals surface area contributed by atoms with Crippen molar-refractivity contribution in [3.63, 3.8) is 0 Å². The predicted molar refractivity (Wildman–Crippen MR) is 80.6 cm³/mol. The number of hydrogen-bond acceptors (Lipinski definition) is 6. The van der Waals surface area contributed by atoms with E-state index >= 15 is 0 Å². The number of nitrogens with zero attached hydrogens (tertiary/aromatic N) is 1. The van der Waals surface area contributed by atoms with E-state index in [2.05, 4.69) is 0 Å². The summed E-state index contributed by atoms with van der Waals surface area (Å²) in [7, 11) is 0. The van der Waals surface area contributed by atoms with Gasteiger partial charge in [0.05, 0.1) is 17.0 Å². The van der Waals surface area contributed by atoms with Gasteiger partial charge in [-0.3, -0.25) is 19.3 Å². The average molecular weight is 349 g/mol. The number of hydrogen-bond donors (Lipinski definition) is 3. The Morgan fingerprint density at radius 1 is 1.20 bits per heavy atom. The molecule has 1 aromatic carbocycles. The van der Waals surface area contributed by atoms with E-state index in [1.54, 1.807) is 0 Å². The molecular formula is C16H15NO8. The van der Waals surface area contributed by atoms with Gasteiger partial charge in [-0.05, 0) is 19.9 Å². The van der Waals surface area contributed by atoms with Gasteiger partial charge < -0.3 is 20.1 Å². The van der Waals surface area contributed by atoms with Crippen molar-refractivity contribution < 1.29 is 39.2 Å². The molecule has 2 heterocycles. The van der Waals surface area contributed by atoms with Crippen molar-refractivity contribution in [2.24, 2.45) is 5.92 Å². The Kier molecular flexibility index (Phi) is 3.66. The molecule has 0 spiro atoms. The third kappa shape index (κ3) is 2.31. The zero-order valence-electron chi connectivity index (χ0n) is 13.3. The maximum atomic E-state index is 12.4. The van der Waals surface area contributed by atoms with Crippen LogP contribution in [0.2, 0.25) is 0 Å². The predicted octanol–water partition coefficient (Wildman–Crippen LogP) is 0.485. The van der Waals surface area contributed by atoms with Crippen LogP contribution in [0.1, 0.15) is 40.1 Å². The molecule has 0 saturated carbocycles. The number of aromatic hydroxyl groups is 1. The highest BCUT2D eigenvalue weighted by molar-refractivity contribution is 6.24. The van der Waals surface area contributed by atoms with Crippen LogP contribution in [0.3, 0.4) is 0 Å². The minimum Gasteiger partial charge on any atom is -0.507 e. The number of ether oxygens (including phenoxy) is 1. The highest BCUT2D eigenvalue weighted by Gasteiger charge is 2.46. The summed E-state index contributed by atoms with van der Waals surface area (Å²) in [6.45, 7) is 2.64. The number of benzene rings is 1. The lowest BCUT2D eigenvalue weighted by Crippen LogP contribution is -2.42. The standard InChI is InChI=1S/C16H15NO8/c1-5(15(21)22)9-3-7-10(25-9)4-8-11(12(7)18)14(20)17(13(8)19)6(2)16(23)24/h4-6,9,18H,3H2,1-2H3,(H,21,22)(H,23,24)/t5-,6?,9?/m1/s1. The summed E-state index contributed by atoms with van der Waals surface area (Å²) in [4.78, 5) is 47.6. The summed E-state index contributed by atoms with van der Waals surface area (Å²) in [5.74, 6) is -5.36. The molecule has 3 rings (SSSR count). The number of carboxylic acids is 2. The normalized spacial score (nSPS) is 20.7. The van der Waals surface area contributed by atoms with E-state index < -0.39 is 47.6 Å². The average Bonchev–Trinajstić information content (AvgIpc) is 3.07. The number of imide groups is 1. The molecule has 2 amide bonds. The van der Waals surface area contributed by atoms with Gasteiger partial charge in [0.15, 0.2) is 0 Å². The molecule has 2 unspecified atom stereocenters. The van der Waals surface area contributed by atoms with Crippen LogP contribution in [0.15, 0.2) is 6.07 Å². The highest BCUT2D eigenvalue weighted by atomic mass is 16.5. The Bertz CT molecular complexity index is 830. The molecule has 25 heavy (non-hydrogen) atoms. The van der Waals surface area contributed by atoms with Crippen molar-refractivity contribution in [3.8, 4) is 11.5 Å². The van der Waals surface area contributed by atoms with E-state index in [0.717, 1.165) is 0 Å². The van der Waals surface area contributed by atoms with Crippen molar-refractivity contribution in [2.75, 3.05) is 0 Å². The van der Waals surface area contributed by atoms with E-state index in [1.807, 2.05) is 0 Å². The maximum absolute atomic E-state index is 12.4. The Labute approximate surface area is 141 Å². The number of carbonyl (C=O) groups is 4. The van der Waals surface area contributed by atoms with Crippen LogP contribution in [0.4, 0.5) is 0 Å². The lowest BCUT2D eigenvalue weighted by atomic mass is 9.96. The number of amides is 2. The molecule has 9 heteroatoms.